The van der Waals surface area contributed by atoms with Crippen LogP contribution < -0.4 is 4.72 Å². The van der Waals surface area contributed by atoms with Gasteiger partial charge in [-0.15, -0.1) is 0 Å². The van der Waals surface area contributed by atoms with E-state index in [1.54, 1.807) is 0 Å². The summed E-state index contributed by atoms with van der Waals surface area (Å²) in [6.45, 7) is 0.316. The van der Waals surface area contributed by atoms with E-state index < -0.39 is 9.71 Å². The van der Waals surface area contributed by atoms with Gasteiger partial charge in [0.25, 0.3) is 0 Å². The van der Waals surface area contributed by atoms with Gasteiger partial charge in [-0.3, -0.25) is 13.6 Å². The number of allylic oxidation sites excluding steroid dienone is 1. The molecule has 7 heteroatoms. The van der Waals surface area contributed by atoms with Crippen molar-refractivity contribution in [1.82, 2.24) is 19.1 Å². The number of rotatable bonds is 6. The molecule has 2 aliphatic rings. The number of aliphatic hydroxyl groups excluding tert-OH is 1. The largest absolute Gasteiger partial charge is 0.395 e. The van der Waals surface area contributed by atoms with Gasteiger partial charge >= 0.3 is 0 Å². The molecule has 0 aliphatic heterocycles. The first-order chi connectivity index (χ1) is 12.6. The monoisotopic (exact) mass is 374 g/mol. The van der Waals surface area contributed by atoms with Crippen LogP contribution in [-0.4, -0.2) is 48.5 Å². The smallest absolute Gasteiger partial charge is 0.156 e. The molecule has 26 heavy (non-hydrogen) atoms. The zero-order valence-electron chi connectivity index (χ0n) is 15.0. The molecule has 2 aromatic heterocycles. The summed E-state index contributed by atoms with van der Waals surface area (Å²) >= 11 is 0. The minimum Gasteiger partial charge on any atom is -0.395 e. The summed E-state index contributed by atoms with van der Waals surface area (Å²) in [6.07, 6.45) is 13.3. The van der Waals surface area contributed by atoms with Gasteiger partial charge in [0.2, 0.25) is 0 Å². The Kier molecular flexibility index (Phi) is 4.86. The number of fused-ring (bicyclic) bond motifs is 3. The molecular formula is C19H26N4O2S. The second kappa shape index (κ2) is 7.13. The third-order valence-corrected chi connectivity index (χ3v) is 6.93. The molecule has 0 saturated heterocycles. The number of imidazole rings is 1. The Morgan fingerprint density at radius 2 is 2.15 bits per heavy atom. The van der Waals surface area contributed by atoms with Crippen molar-refractivity contribution in [3.8, 4) is 0 Å². The third-order valence-electron chi connectivity index (χ3n) is 5.42. The highest BCUT2D eigenvalue weighted by atomic mass is 32.2. The van der Waals surface area contributed by atoms with E-state index in [0.29, 0.717) is 12.5 Å². The molecular weight excluding hydrogens is 348 g/mol. The number of nitrogens with one attached hydrogen (secondary N) is 1. The molecule has 0 bridgehead atoms. The summed E-state index contributed by atoms with van der Waals surface area (Å²) < 4.78 is 17.4. The molecule has 1 unspecified atom stereocenters. The summed E-state index contributed by atoms with van der Waals surface area (Å²) in [6, 6.07) is 0. The fraction of sp³-hybridized carbons (Fsp3) is 0.526. The fourth-order valence-corrected chi connectivity index (χ4v) is 4.86. The van der Waals surface area contributed by atoms with E-state index in [2.05, 4.69) is 32.3 Å². The van der Waals surface area contributed by atoms with Crippen molar-refractivity contribution >= 4 is 26.8 Å². The van der Waals surface area contributed by atoms with E-state index in [-0.39, 0.29) is 12.4 Å². The fourth-order valence-electron chi connectivity index (χ4n) is 4.01. The summed E-state index contributed by atoms with van der Waals surface area (Å²) in [5.74, 6) is 4.41. The Balaban J connectivity index is 1.62. The second-order valence-corrected chi connectivity index (χ2v) is 9.60. The van der Waals surface area contributed by atoms with Crippen LogP contribution in [0.15, 0.2) is 18.5 Å². The molecule has 0 radical (unpaired) electrons. The minimum atomic E-state index is -2.47. The van der Waals surface area contributed by atoms with Crippen LogP contribution in [0.3, 0.4) is 0 Å². The van der Waals surface area contributed by atoms with Gasteiger partial charge in [-0.05, 0) is 24.3 Å². The van der Waals surface area contributed by atoms with E-state index in [1.165, 1.54) is 37.8 Å². The first kappa shape index (κ1) is 17.7. The molecule has 0 spiro atoms. The summed E-state index contributed by atoms with van der Waals surface area (Å²) in [7, 11) is -2.47. The lowest BCUT2D eigenvalue weighted by molar-refractivity contribution is 0.321. The van der Waals surface area contributed by atoms with Crippen LogP contribution in [0.2, 0.25) is 0 Å². The number of hydrogen-bond acceptors (Lipinski definition) is 4. The number of nitrogens with zero attached hydrogens (tertiary/aromatic N) is 3. The Hall–Kier alpha value is -1.70. The van der Waals surface area contributed by atoms with Crippen LogP contribution in [0.5, 0.6) is 0 Å². The molecule has 6 nitrogen and oxygen atoms in total. The summed E-state index contributed by atoms with van der Waals surface area (Å²) in [5.41, 5.74) is 5.20. The van der Waals surface area contributed by atoms with Gasteiger partial charge in [0.15, 0.2) is 5.65 Å². The van der Waals surface area contributed by atoms with E-state index in [1.807, 2.05) is 6.20 Å². The minimum absolute atomic E-state index is 0.136. The summed E-state index contributed by atoms with van der Waals surface area (Å²) in [4.78, 5) is 9.42. The average molecular weight is 375 g/mol. The van der Waals surface area contributed by atoms with Crippen LogP contribution in [-0.2, 0) is 16.1 Å². The Morgan fingerprint density at radius 3 is 2.92 bits per heavy atom. The van der Waals surface area contributed by atoms with Crippen molar-refractivity contribution in [3.63, 3.8) is 0 Å². The van der Waals surface area contributed by atoms with Gasteiger partial charge in [-0.1, -0.05) is 25.3 Å². The van der Waals surface area contributed by atoms with Crippen molar-refractivity contribution in [2.75, 3.05) is 18.9 Å². The topological polar surface area (TPSA) is 79.5 Å². The molecule has 1 atom stereocenters. The number of aliphatic hydroxyl groups is 1. The summed E-state index contributed by atoms with van der Waals surface area (Å²) in [5, 5.41) is 9.02. The lowest BCUT2D eigenvalue weighted by Crippen LogP contribution is -2.29. The Bertz CT molecular complexity index is 940. The Labute approximate surface area is 154 Å². The molecule has 2 heterocycles. The van der Waals surface area contributed by atoms with Gasteiger partial charge in [0, 0.05) is 34.8 Å². The molecule has 0 aromatic carbocycles. The SMILES string of the molecule is C=S(=O)(CCO)NCC1=CCc2ncc3nc(C4CCCCC4)cn3c21. The molecule has 1 fully saturated rings. The van der Waals surface area contributed by atoms with Gasteiger partial charge in [-0.2, -0.15) is 0 Å². The van der Waals surface area contributed by atoms with Gasteiger partial charge in [-0.25, -0.2) is 9.71 Å². The van der Waals surface area contributed by atoms with Crippen LogP contribution in [0.1, 0.15) is 55.1 Å². The number of hydrogen-bond donors (Lipinski definition) is 2. The maximum Gasteiger partial charge on any atom is 0.156 e. The van der Waals surface area contributed by atoms with Crippen molar-refractivity contribution in [2.24, 2.45) is 0 Å². The predicted molar refractivity (Wildman–Crippen MR) is 106 cm³/mol. The van der Waals surface area contributed by atoms with E-state index in [4.69, 9.17) is 10.1 Å². The van der Waals surface area contributed by atoms with E-state index in [9.17, 15) is 4.21 Å². The van der Waals surface area contributed by atoms with Crippen molar-refractivity contribution < 1.29 is 9.32 Å². The quantitative estimate of drug-likeness (QED) is 0.757. The molecule has 4 rings (SSSR count). The first-order valence-electron chi connectivity index (χ1n) is 9.34. The van der Waals surface area contributed by atoms with Crippen LogP contribution in [0, 0.1) is 0 Å². The van der Waals surface area contributed by atoms with Crippen LogP contribution >= 0.6 is 0 Å². The lowest BCUT2D eigenvalue weighted by atomic mass is 9.87. The molecule has 2 aliphatic carbocycles. The Morgan fingerprint density at radius 1 is 1.35 bits per heavy atom. The standard InChI is InChI=1S/C19H26N4O2S/c1-26(25,10-9-24)21-11-15-7-8-16-19(15)23-13-17(22-18(23)12-20-16)14-5-3-2-4-6-14/h7,12-14,24H,1-6,8-11H2,(H,21,25). The highest BCUT2D eigenvalue weighted by Gasteiger charge is 2.23. The highest BCUT2D eigenvalue weighted by Crippen LogP contribution is 2.33. The highest BCUT2D eigenvalue weighted by molar-refractivity contribution is 7.98. The van der Waals surface area contributed by atoms with E-state index in [0.717, 1.165) is 29.0 Å². The van der Waals surface area contributed by atoms with Crippen LogP contribution in [0.25, 0.3) is 11.2 Å². The molecule has 0 amide bonds. The number of aromatic nitrogens is 3. The lowest BCUT2D eigenvalue weighted by Gasteiger charge is -2.19. The maximum atomic E-state index is 12.3. The molecule has 140 valence electrons. The van der Waals surface area contributed by atoms with E-state index >= 15 is 0 Å². The average Bonchev–Trinajstić information content (AvgIpc) is 3.24. The van der Waals surface area contributed by atoms with Gasteiger partial charge < -0.3 is 5.11 Å². The normalized spacial score (nSPS) is 20.1. The third kappa shape index (κ3) is 3.43. The second-order valence-electron chi connectivity index (χ2n) is 7.28. The van der Waals surface area contributed by atoms with Crippen molar-refractivity contribution in [2.45, 2.75) is 44.4 Å². The predicted octanol–water partition coefficient (Wildman–Crippen LogP) is 1.93. The van der Waals surface area contributed by atoms with Crippen molar-refractivity contribution in [1.29, 1.82) is 0 Å². The molecule has 1 saturated carbocycles. The van der Waals surface area contributed by atoms with Crippen molar-refractivity contribution in [3.05, 3.63) is 35.6 Å². The zero-order valence-corrected chi connectivity index (χ0v) is 15.8. The molecule has 2 N–H and O–H groups in total. The first-order valence-corrected chi connectivity index (χ1v) is 11.2. The zero-order chi connectivity index (χ0) is 18.1. The molecule has 2 aromatic rings. The maximum absolute atomic E-state index is 12.3. The van der Waals surface area contributed by atoms with Gasteiger partial charge in [0.05, 0.1) is 35.6 Å². The van der Waals surface area contributed by atoms with Crippen LogP contribution in [0.4, 0.5) is 0 Å². The van der Waals surface area contributed by atoms with Gasteiger partial charge in [0.1, 0.15) is 0 Å².